The van der Waals surface area contributed by atoms with E-state index < -0.39 is 0 Å². The van der Waals surface area contributed by atoms with Crippen molar-refractivity contribution < 1.29 is 0 Å². The second-order valence-electron chi connectivity index (χ2n) is 8.15. The van der Waals surface area contributed by atoms with E-state index in [1.54, 1.807) is 0 Å². The van der Waals surface area contributed by atoms with Crippen LogP contribution >= 0.6 is 0 Å². The molecule has 118 valence electrons. The van der Waals surface area contributed by atoms with Crippen LogP contribution in [-0.2, 0) is 0 Å². The Balaban J connectivity index is 1.45. The van der Waals surface area contributed by atoms with Crippen LogP contribution < -0.4 is 0 Å². The maximum atomic E-state index is 2.50. The van der Waals surface area contributed by atoms with Crippen LogP contribution in [-0.4, -0.2) is 0 Å². The molecule has 3 unspecified atom stereocenters. The molecule has 0 heterocycles. The van der Waals surface area contributed by atoms with Crippen LogP contribution in [0.1, 0.15) is 104 Å². The molecule has 2 saturated carbocycles. The van der Waals surface area contributed by atoms with Crippen molar-refractivity contribution in [1.82, 2.24) is 0 Å². The monoisotopic (exact) mass is 278 g/mol. The lowest BCUT2D eigenvalue weighted by atomic mass is 9.73. The van der Waals surface area contributed by atoms with Crippen molar-refractivity contribution >= 4 is 0 Å². The minimum absolute atomic E-state index is 0.997. The molecule has 0 nitrogen and oxygen atoms in total. The Kier molecular flexibility index (Phi) is 7.45. The van der Waals surface area contributed by atoms with E-state index in [9.17, 15) is 0 Å². The van der Waals surface area contributed by atoms with E-state index in [1.807, 2.05) is 0 Å². The molecule has 2 rings (SSSR count). The Bertz CT molecular complexity index is 238. The number of unbranched alkanes of at least 4 members (excludes halogenated alkanes) is 3. The van der Waals surface area contributed by atoms with Crippen molar-refractivity contribution in [3.8, 4) is 0 Å². The van der Waals surface area contributed by atoms with Crippen molar-refractivity contribution in [2.45, 2.75) is 104 Å². The Hall–Kier alpha value is 0. The van der Waals surface area contributed by atoms with E-state index >= 15 is 0 Å². The normalized spacial score (nSPS) is 32.4. The van der Waals surface area contributed by atoms with Crippen LogP contribution in [0.3, 0.4) is 0 Å². The highest BCUT2D eigenvalue weighted by molar-refractivity contribution is 4.75. The van der Waals surface area contributed by atoms with Crippen LogP contribution in [0.2, 0.25) is 0 Å². The Morgan fingerprint density at radius 1 is 0.700 bits per heavy atom. The molecule has 0 saturated heterocycles. The maximum absolute atomic E-state index is 2.50. The van der Waals surface area contributed by atoms with E-state index in [1.165, 1.54) is 89.9 Å². The minimum atomic E-state index is 0.997. The number of hydrogen-bond acceptors (Lipinski definition) is 0. The summed E-state index contributed by atoms with van der Waals surface area (Å²) >= 11 is 0. The number of rotatable bonds is 7. The Morgan fingerprint density at radius 2 is 1.40 bits per heavy atom. The molecule has 0 aromatic heterocycles. The largest absolute Gasteiger partial charge is 0.0625 e. The van der Waals surface area contributed by atoms with Gasteiger partial charge in [-0.15, -0.1) is 0 Å². The lowest BCUT2D eigenvalue weighted by Crippen LogP contribution is -2.21. The molecule has 0 radical (unpaired) electrons. The third-order valence-corrected chi connectivity index (χ3v) is 6.27. The molecule has 20 heavy (non-hydrogen) atoms. The lowest BCUT2D eigenvalue weighted by Gasteiger charge is -2.32. The first-order valence-corrected chi connectivity index (χ1v) is 9.75. The SMILES string of the molecule is CC1CCC(CCCCCCC2CCCCC2)C(C)C1. The van der Waals surface area contributed by atoms with Crippen LogP contribution in [0.25, 0.3) is 0 Å². The molecule has 0 bridgehead atoms. The van der Waals surface area contributed by atoms with Gasteiger partial charge >= 0.3 is 0 Å². The predicted molar refractivity (Wildman–Crippen MR) is 89.9 cm³/mol. The second kappa shape index (κ2) is 9.11. The average Bonchev–Trinajstić information content (AvgIpc) is 2.46. The summed E-state index contributed by atoms with van der Waals surface area (Å²) in [7, 11) is 0. The van der Waals surface area contributed by atoms with Crippen molar-refractivity contribution in [2.75, 3.05) is 0 Å². The summed E-state index contributed by atoms with van der Waals surface area (Å²) < 4.78 is 0. The molecule has 2 aliphatic rings. The third kappa shape index (κ3) is 5.78. The molecule has 0 spiro atoms. The van der Waals surface area contributed by atoms with Gasteiger partial charge in [-0.05, 0) is 36.5 Å². The summed E-state index contributed by atoms with van der Waals surface area (Å²) in [6.45, 7) is 4.95. The zero-order valence-electron chi connectivity index (χ0n) is 14.2. The van der Waals surface area contributed by atoms with Gasteiger partial charge in [0.25, 0.3) is 0 Å². The fourth-order valence-corrected chi connectivity index (χ4v) is 4.83. The first-order valence-electron chi connectivity index (χ1n) is 9.75. The molecule has 0 aliphatic heterocycles. The van der Waals surface area contributed by atoms with Crippen LogP contribution in [0.15, 0.2) is 0 Å². The van der Waals surface area contributed by atoms with Crippen molar-refractivity contribution in [3.05, 3.63) is 0 Å². The summed E-state index contributed by atoms with van der Waals surface area (Å²) in [6.07, 6.45) is 21.2. The lowest BCUT2D eigenvalue weighted by molar-refractivity contribution is 0.190. The van der Waals surface area contributed by atoms with Crippen LogP contribution in [0.4, 0.5) is 0 Å². The Morgan fingerprint density at radius 3 is 2.10 bits per heavy atom. The molecule has 0 aromatic rings. The summed E-state index contributed by atoms with van der Waals surface area (Å²) in [5.74, 6) is 4.16. The van der Waals surface area contributed by atoms with Gasteiger partial charge in [0.1, 0.15) is 0 Å². The van der Waals surface area contributed by atoms with E-state index in [0.717, 1.165) is 23.7 Å². The van der Waals surface area contributed by atoms with Gasteiger partial charge < -0.3 is 0 Å². The fraction of sp³-hybridized carbons (Fsp3) is 1.00. The van der Waals surface area contributed by atoms with E-state index in [-0.39, 0.29) is 0 Å². The standard InChI is InChI=1S/C20H38/c1-17-14-15-20(18(2)16-17)13-9-4-3-6-10-19-11-7-5-8-12-19/h17-20H,3-16H2,1-2H3. The minimum Gasteiger partial charge on any atom is -0.0625 e. The van der Waals surface area contributed by atoms with Gasteiger partial charge in [0.05, 0.1) is 0 Å². The van der Waals surface area contributed by atoms with Gasteiger partial charge in [-0.2, -0.15) is 0 Å². The smallest absolute Gasteiger partial charge is 0.0388 e. The first-order chi connectivity index (χ1) is 9.75. The highest BCUT2D eigenvalue weighted by atomic mass is 14.3. The summed E-state index contributed by atoms with van der Waals surface area (Å²) in [5, 5.41) is 0. The fourth-order valence-electron chi connectivity index (χ4n) is 4.83. The molecule has 2 aliphatic carbocycles. The summed E-state index contributed by atoms with van der Waals surface area (Å²) in [4.78, 5) is 0. The van der Waals surface area contributed by atoms with Crippen molar-refractivity contribution in [2.24, 2.45) is 23.7 Å². The zero-order chi connectivity index (χ0) is 14.2. The molecule has 0 N–H and O–H groups in total. The van der Waals surface area contributed by atoms with Crippen molar-refractivity contribution in [3.63, 3.8) is 0 Å². The van der Waals surface area contributed by atoms with Gasteiger partial charge in [0.2, 0.25) is 0 Å². The summed E-state index contributed by atoms with van der Waals surface area (Å²) in [6, 6.07) is 0. The van der Waals surface area contributed by atoms with Gasteiger partial charge in [0, 0.05) is 0 Å². The third-order valence-electron chi connectivity index (χ3n) is 6.27. The van der Waals surface area contributed by atoms with E-state index in [0.29, 0.717) is 0 Å². The zero-order valence-corrected chi connectivity index (χ0v) is 14.2. The quantitative estimate of drug-likeness (QED) is 0.441. The van der Waals surface area contributed by atoms with Gasteiger partial charge in [-0.3, -0.25) is 0 Å². The molecule has 3 atom stereocenters. The molecular weight excluding hydrogens is 240 g/mol. The molecule has 0 amide bonds. The van der Waals surface area contributed by atoms with Crippen LogP contribution in [0, 0.1) is 23.7 Å². The van der Waals surface area contributed by atoms with Crippen LogP contribution in [0.5, 0.6) is 0 Å². The first kappa shape index (κ1) is 16.4. The molecule has 2 fully saturated rings. The second-order valence-corrected chi connectivity index (χ2v) is 8.15. The topological polar surface area (TPSA) is 0 Å². The average molecular weight is 279 g/mol. The highest BCUT2D eigenvalue weighted by Gasteiger charge is 2.24. The van der Waals surface area contributed by atoms with Crippen molar-refractivity contribution in [1.29, 1.82) is 0 Å². The number of hydrogen-bond donors (Lipinski definition) is 0. The van der Waals surface area contributed by atoms with Gasteiger partial charge in [-0.25, -0.2) is 0 Å². The molecule has 0 aromatic carbocycles. The van der Waals surface area contributed by atoms with E-state index in [4.69, 9.17) is 0 Å². The Labute approximate surface area is 128 Å². The highest BCUT2D eigenvalue weighted by Crippen LogP contribution is 2.36. The summed E-state index contributed by atoms with van der Waals surface area (Å²) in [5.41, 5.74) is 0. The van der Waals surface area contributed by atoms with Gasteiger partial charge in [-0.1, -0.05) is 90.9 Å². The maximum Gasteiger partial charge on any atom is -0.0388 e. The van der Waals surface area contributed by atoms with E-state index in [2.05, 4.69) is 13.8 Å². The molecule has 0 heteroatoms. The molecular formula is C20H38. The predicted octanol–water partition coefficient (Wildman–Crippen LogP) is 6.98. The van der Waals surface area contributed by atoms with Gasteiger partial charge in [0.15, 0.2) is 0 Å².